The van der Waals surface area contributed by atoms with Crippen molar-refractivity contribution in [1.29, 1.82) is 0 Å². The molecule has 0 saturated heterocycles. The maximum absolute atomic E-state index is 10.4. The summed E-state index contributed by atoms with van der Waals surface area (Å²) in [6.07, 6.45) is 2.84. The molecule has 0 aliphatic rings. The fourth-order valence-electron chi connectivity index (χ4n) is 0.558. The molecular weight excluding hydrogens is 116 g/mol. The molecule has 0 unspecified atom stereocenters. The van der Waals surface area contributed by atoms with Gasteiger partial charge in [-0.25, -0.2) is 0 Å². The Kier molecular flexibility index (Phi) is 3.51. The van der Waals surface area contributed by atoms with Crippen LogP contribution in [0.1, 0.15) is 19.8 Å². The Morgan fingerprint density at radius 3 is 2.33 bits per heavy atom. The summed E-state index contributed by atoms with van der Waals surface area (Å²) in [5.74, 6) is -0.417. The fraction of sp³-hybridized carbons (Fsp3) is 0.500. The Labute approximate surface area is 54.7 Å². The molecule has 0 aliphatic heterocycles. The Bertz CT molecular complexity index is 129. The van der Waals surface area contributed by atoms with Crippen molar-refractivity contribution >= 4 is 5.91 Å². The molecule has 0 aromatic carbocycles. The highest BCUT2D eigenvalue weighted by atomic mass is 16.1. The standard InChI is InChI=1S/C6H12N2O/c1-2-3-5(4-7)6(8)9/h4H,2-3,7H2,1H3,(H2,8,9)/b5-4-. The smallest absolute Gasteiger partial charge is 0.246 e. The van der Waals surface area contributed by atoms with Gasteiger partial charge in [-0.05, 0) is 6.42 Å². The second kappa shape index (κ2) is 3.95. The lowest BCUT2D eigenvalue weighted by Gasteiger charge is -1.96. The third-order valence-corrected chi connectivity index (χ3v) is 1.04. The van der Waals surface area contributed by atoms with Crippen molar-refractivity contribution in [2.45, 2.75) is 19.8 Å². The van der Waals surface area contributed by atoms with Gasteiger partial charge in [0.25, 0.3) is 0 Å². The zero-order chi connectivity index (χ0) is 7.28. The van der Waals surface area contributed by atoms with Crippen molar-refractivity contribution in [1.82, 2.24) is 0 Å². The summed E-state index contributed by atoms with van der Waals surface area (Å²) in [5.41, 5.74) is 10.6. The predicted molar refractivity (Wildman–Crippen MR) is 36.4 cm³/mol. The van der Waals surface area contributed by atoms with Gasteiger partial charge >= 0.3 is 0 Å². The van der Waals surface area contributed by atoms with Crippen LogP contribution >= 0.6 is 0 Å². The maximum atomic E-state index is 10.4. The number of hydrogen-bond acceptors (Lipinski definition) is 2. The van der Waals surface area contributed by atoms with E-state index in [0.717, 1.165) is 6.42 Å². The summed E-state index contributed by atoms with van der Waals surface area (Å²) in [6, 6.07) is 0. The largest absolute Gasteiger partial charge is 0.404 e. The molecule has 0 fully saturated rings. The minimum Gasteiger partial charge on any atom is -0.404 e. The van der Waals surface area contributed by atoms with Gasteiger partial charge < -0.3 is 11.5 Å². The maximum Gasteiger partial charge on any atom is 0.246 e. The van der Waals surface area contributed by atoms with Crippen LogP contribution in [0, 0.1) is 0 Å². The van der Waals surface area contributed by atoms with Gasteiger partial charge in [0, 0.05) is 11.8 Å². The molecule has 0 saturated carbocycles. The van der Waals surface area contributed by atoms with Crippen LogP contribution in [-0.4, -0.2) is 5.91 Å². The summed E-state index contributed by atoms with van der Waals surface area (Å²) < 4.78 is 0. The molecule has 0 aromatic rings. The number of carbonyl (C=O) groups excluding carboxylic acids is 1. The quantitative estimate of drug-likeness (QED) is 0.530. The van der Waals surface area contributed by atoms with Crippen molar-refractivity contribution in [3.8, 4) is 0 Å². The minimum atomic E-state index is -0.417. The van der Waals surface area contributed by atoms with Gasteiger partial charge in [0.2, 0.25) is 5.91 Å². The highest BCUT2D eigenvalue weighted by Crippen LogP contribution is 2.00. The third-order valence-electron chi connectivity index (χ3n) is 1.04. The molecule has 0 aliphatic carbocycles. The lowest BCUT2D eigenvalue weighted by atomic mass is 10.1. The van der Waals surface area contributed by atoms with Crippen molar-refractivity contribution < 1.29 is 4.79 Å². The van der Waals surface area contributed by atoms with Gasteiger partial charge in [0.15, 0.2) is 0 Å². The number of primary amides is 1. The zero-order valence-electron chi connectivity index (χ0n) is 5.55. The van der Waals surface area contributed by atoms with Crippen molar-refractivity contribution in [3.05, 3.63) is 11.8 Å². The van der Waals surface area contributed by atoms with E-state index in [1.54, 1.807) is 0 Å². The van der Waals surface area contributed by atoms with E-state index in [1.165, 1.54) is 6.20 Å². The Morgan fingerprint density at radius 2 is 2.22 bits per heavy atom. The molecule has 0 rings (SSSR count). The van der Waals surface area contributed by atoms with Gasteiger partial charge in [-0.3, -0.25) is 4.79 Å². The van der Waals surface area contributed by atoms with Crippen molar-refractivity contribution in [2.75, 3.05) is 0 Å². The van der Waals surface area contributed by atoms with Crippen molar-refractivity contribution in [3.63, 3.8) is 0 Å². The summed E-state index contributed by atoms with van der Waals surface area (Å²) in [6.45, 7) is 1.96. The number of amides is 1. The Morgan fingerprint density at radius 1 is 1.67 bits per heavy atom. The molecule has 0 bridgehead atoms. The highest BCUT2D eigenvalue weighted by Gasteiger charge is 1.99. The average Bonchev–Trinajstić information content (AvgIpc) is 1.82. The molecule has 0 spiro atoms. The first kappa shape index (κ1) is 8.01. The Hall–Kier alpha value is -0.990. The molecule has 0 heterocycles. The lowest BCUT2D eigenvalue weighted by Crippen LogP contribution is -2.14. The van der Waals surface area contributed by atoms with Gasteiger partial charge in [0.05, 0.1) is 0 Å². The summed E-state index contributed by atoms with van der Waals surface area (Å²) in [7, 11) is 0. The molecular formula is C6H12N2O. The number of rotatable bonds is 3. The van der Waals surface area contributed by atoms with E-state index >= 15 is 0 Å². The second-order valence-electron chi connectivity index (χ2n) is 1.81. The van der Waals surface area contributed by atoms with E-state index < -0.39 is 5.91 Å². The molecule has 9 heavy (non-hydrogen) atoms. The molecule has 0 aromatic heterocycles. The third kappa shape index (κ3) is 2.74. The van der Waals surface area contributed by atoms with Crippen LogP contribution in [0.4, 0.5) is 0 Å². The van der Waals surface area contributed by atoms with E-state index in [0.29, 0.717) is 12.0 Å². The molecule has 0 atom stereocenters. The van der Waals surface area contributed by atoms with E-state index in [4.69, 9.17) is 11.5 Å². The van der Waals surface area contributed by atoms with Gasteiger partial charge in [0.1, 0.15) is 0 Å². The molecule has 0 radical (unpaired) electrons. The second-order valence-corrected chi connectivity index (χ2v) is 1.81. The van der Waals surface area contributed by atoms with E-state index in [1.807, 2.05) is 6.92 Å². The monoisotopic (exact) mass is 128 g/mol. The van der Waals surface area contributed by atoms with E-state index in [-0.39, 0.29) is 0 Å². The van der Waals surface area contributed by atoms with Gasteiger partial charge in [-0.2, -0.15) is 0 Å². The van der Waals surface area contributed by atoms with Crippen LogP contribution in [0.2, 0.25) is 0 Å². The van der Waals surface area contributed by atoms with Crippen LogP contribution in [0.15, 0.2) is 11.8 Å². The number of hydrogen-bond donors (Lipinski definition) is 2. The SMILES string of the molecule is CCC/C(=C/N)C(N)=O. The molecule has 4 N–H and O–H groups in total. The van der Waals surface area contributed by atoms with E-state index in [2.05, 4.69) is 0 Å². The predicted octanol–water partition coefficient (Wildman–Crippen LogP) is 0.114. The molecule has 1 amide bonds. The van der Waals surface area contributed by atoms with Gasteiger partial charge in [-0.1, -0.05) is 13.3 Å². The summed E-state index contributed by atoms with van der Waals surface area (Å²) in [5, 5.41) is 0. The molecule has 3 heteroatoms. The first-order valence-electron chi connectivity index (χ1n) is 2.93. The van der Waals surface area contributed by atoms with Gasteiger partial charge in [-0.15, -0.1) is 0 Å². The van der Waals surface area contributed by atoms with Crippen molar-refractivity contribution in [2.24, 2.45) is 11.5 Å². The number of nitrogens with two attached hydrogens (primary N) is 2. The zero-order valence-corrected chi connectivity index (χ0v) is 5.55. The average molecular weight is 128 g/mol. The van der Waals surface area contributed by atoms with E-state index in [9.17, 15) is 4.79 Å². The normalized spacial score (nSPS) is 11.4. The molecule has 3 nitrogen and oxygen atoms in total. The van der Waals surface area contributed by atoms with Crippen LogP contribution in [0.3, 0.4) is 0 Å². The van der Waals surface area contributed by atoms with Crippen LogP contribution in [0.5, 0.6) is 0 Å². The fourth-order valence-corrected chi connectivity index (χ4v) is 0.558. The summed E-state index contributed by atoms with van der Waals surface area (Å²) >= 11 is 0. The van der Waals surface area contributed by atoms with Crippen LogP contribution in [-0.2, 0) is 4.79 Å². The highest BCUT2D eigenvalue weighted by molar-refractivity contribution is 5.91. The minimum absolute atomic E-state index is 0.417. The first-order chi connectivity index (χ1) is 4.22. The molecule has 52 valence electrons. The van der Waals surface area contributed by atoms with Crippen LogP contribution in [0.25, 0.3) is 0 Å². The summed E-state index contributed by atoms with van der Waals surface area (Å²) in [4.78, 5) is 10.4. The number of carbonyl (C=O) groups is 1. The topological polar surface area (TPSA) is 69.1 Å². The Balaban J connectivity index is 3.85. The lowest BCUT2D eigenvalue weighted by molar-refractivity contribution is -0.114. The van der Waals surface area contributed by atoms with Crippen LogP contribution < -0.4 is 11.5 Å². The first-order valence-corrected chi connectivity index (χ1v) is 2.93.